The van der Waals surface area contributed by atoms with E-state index < -0.39 is 0 Å². The van der Waals surface area contributed by atoms with Gasteiger partial charge >= 0.3 is 0 Å². The van der Waals surface area contributed by atoms with E-state index in [9.17, 15) is 0 Å². The van der Waals surface area contributed by atoms with Crippen LogP contribution in [-0.2, 0) is 6.42 Å². The molecule has 0 saturated heterocycles. The Hall–Kier alpha value is -1.47. The predicted octanol–water partition coefficient (Wildman–Crippen LogP) is 5.54. The van der Waals surface area contributed by atoms with Crippen molar-refractivity contribution >= 4 is 17.3 Å². The van der Waals surface area contributed by atoms with E-state index >= 15 is 0 Å². The van der Waals surface area contributed by atoms with Crippen LogP contribution in [0.2, 0.25) is 0 Å². The van der Waals surface area contributed by atoms with Gasteiger partial charge in [-0.1, -0.05) is 56.3 Å². The second-order valence-electron chi connectivity index (χ2n) is 6.47. The number of hydrogen-bond acceptors (Lipinski definition) is 1. The minimum atomic E-state index is 0.0346. The third-order valence-electron chi connectivity index (χ3n) is 4.55. The number of nitrogens with zero attached hydrogens (tertiary/aromatic N) is 1. The van der Waals surface area contributed by atoms with Crippen molar-refractivity contribution in [2.45, 2.75) is 38.0 Å². The van der Waals surface area contributed by atoms with E-state index in [2.05, 4.69) is 67.3 Å². The summed E-state index contributed by atoms with van der Waals surface area (Å²) in [6, 6.07) is 17.5. The first-order chi connectivity index (χ1) is 10.6. The Morgan fingerprint density at radius 3 is 2.41 bits per heavy atom. The average Bonchev–Trinajstić information content (AvgIpc) is 2.55. The summed E-state index contributed by atoms with van der Waals surface area (Å²) in [4.78, 5) is 2.44. The monoisotopic (exact) mass is 313 g/mol. The maximum atomic E-state index is 6.70. The van der Waals surface area contributed by atoms with Gasteiger partial charge in [0.25, 0.3) is 0 Å². The lowest BCUT2D eigenvalue weighted by Gasteiger charge is -2.32. The van der Waals surface area contributed by atoms with Crippen LogP contribution >= 0.6 is 11.6 Å². The molecule has 0 aromatic heterocycles. The molecule has 0 bridgehead atoms. The molecule has 2 aromatic carbocycles. The van der Waals surface area contributed by atoms with Crippen molar-refractivity contribution in [3.8, 4) is 0 Å². The molecule has 0 spiro atoms. The molecule has 1 aliphatic rings. The SMILES string of the molecule is CC(C)c1ccc(C(Cl)CN2CCCc3ccccc32)cc1. The van der Waals surface area contributed by atoms with Crippen LogP contribution in [0.3, 0.4) is 0 Å². The highest BCUT2D eigenvalue weighted by molar-refractivity contribution is 6.21. The summed E-state index contributed by atoms with van der Waals surface area (Å²) in [6.45, 7) is 6.42. The molecule has 1 unspecified atom stereocenters. The van der Waals surface area contributed by atoms with E-state index in [0.29, 0.717) is 5.92 Å². The molecule has 0 aliphatic carbocycles. The number of rotatable bonds is 4. The van der Waals surface area contributed by atoms with Gasteiger partial charge in [0.1, 0.15) is 0 Å². The third-order valence-corrected chi connectivity index (χ3v) is 4.94. The van der Waals surface area contributed by atoms with E-state index in [-0.39, 0.29) is 5.38 Å². The Morgan fingerprint density at radius 1 is 1.00 bits per heavy atom. The summed E-state index contributed by atoms with van der Waals surface area (Å²) >= 11 is 6.70. The molecular formula is C20H24ClN. The van der Waals surface area contributed by atoms with Crippen molar-refractivity contribution in [1.29, 1.82) is 0 Å². The fourth-order valence-corrected chi connectivity index (χ4v) is 3.50. The van der Waals surface area contributed by atoms with Gasteiger partial charge in [0.05, 0.1) is 5.38 Å². The van der Waals surface area contributed by atoms with Crippen LogP contribution in [0.15, 0.2) is 48.5 Å². The summed E-state index contributed by atoms with van der Waals surface area (Å²) in [7, 11) is 0. The van der Waals surface area contributed by atoms with Gasteiger partial charge in [0.2, 0.25) is 0 Å². The highest BCUT2D eigenvalue weighted by Gasteiger charge is 2.19. The highest BCUT2D eigenvalue weighted by atomic mass is 35.5. The van der Waals surface area contributed by atoms with E-state index in [1.807, 2.05) is 0 Å². The van der Waals surface area contributed by atoms with Crippen molar-refractivity contribution < 1.29 is 0 Å². The fourth-order valence-electron chi connectivity index (χ4n) is 3.19. The summed E-state index contributed by atoms with van der Waals surface area (Å²) in [5, 5.41) is 0.0346. The van der Waals surface area contributed by atoms with Crippen LogP contribution in [0.25, 0.3) is 0 Å². The molecule has 0 fully saturated rings. The normalized spacial score (nSPS) is 15.7. The summed E-state index contributed by atoms with van der Waals surface area (Å²) in [5.74, 6) is 0.566. The lowest BCUT2D eigenvalue weighted by atomic mass is 9.99. The molecule has 116 valence electrons. The van der Waals surface area contributed by atoms with Crippen molar-refractivity contribution in [2.24, 2.45) is 0 Å². The molecule has 1 aliphatic heterocycles. The Kier molecular flexibility index (Phi) is 4.73. The first-order valence-electron chi connectivity index (χ1n) is 8.22. The largest absolute Gasteiger partial charge is 0.369 e. The van der Waals surface area contributed by atoms with Gasteiger partial charge in [0, 0.05) is 18.8 Å². The highest BCUT2D eigenvalue weighted by Crippen LogP contribution is 2.31. The Bertz CT molecular complexity index is 618. The van der Waals surface area contributed by atoms with Crippen molar-refractivity contribution in [3.63, 3.8) is 0 Å². The molecule has 2 heteroatoms. The van der Waals surface area contributed by atoms with Crippen LogP contribution in [0.5, 0.6) is 0 Å². The molecule has 3 rings (SSSR count). The van der Waals surface area contributed by atoms with E-state index in [1.54, 1.807) is 0 Å². The van der Waals surface area contributed by atoms with Crippen molar-refractivity contribution in [2.75, 3.05) is 18.0 Å². The van der Waals surface area contributed by atoms with Gasteiger partial charge in [-0.05, 0) is 41.5 Å². The number of benzene rings is 2. The molecule has 0 amide bonds. The van der Waals surface area contributed by atoms with E-state index in [4.69, 9.17) is 11.6 Å². The summed E-state index contributed by atoms with van der Waals surface area (Å²) in [5.41, 5.74) is 5.40. The average molecular weight is 314 g/mol. The topological polar surface area (TPSA) is 3.24 Å². The van der Waals surface area contributed by atoms with Gasteiger partial charge in [-0.15, -0.1) is 11.6 Å². The van der Waals surface area contributed by atoms with Gasteiger partial charge in [-0.2, -0.15) is 0 Å². The molecule has 22 heavy (non-hydrogen) atoms. The maximum Gasteiger partial charge on any atom is 0.0760 e. The predicted molar refractivity (Wildman–Crippen MR) is 96.1 cm³/mol. The van der Waals surface area contributed by atoms with Gasteiger partial charge in [-0.3, -0.25) is 0 Å². The Morgan fingerprint density at radius 2 is 1.68 bits per heavy atom. The number of hydrogen-bond donors (Lipinski definition) is 0. The number of halogens is 1. The van der Waals surface area contributed by atoms with Crippen LogP contribution in [0, 0.1) is 0 Å². The zero-order chi connectivity index (χ0) is 15.5. The van der Waals surface area contributed by atoms with E-state index in [1.165, 1.54) is 35.2 Å². The van der Waals surface area contributed by atoms with Crippen molar-refractivity contribution in [1.82, 2.24) is 0 Å². The number of fused-ring (bicyclic) bond motifs is 1. The van der Waals surface area contributed by atoms with Crippen LogP contribution < -0.4 is 4.90 Å². The second kappa shape index (κ2) is 6.75. The zero-order valence-corrected chi connectivity index (χ0v) is 14.2. The van der Waals surface area contributed by atoms with Crippen LogP contribution in [-0.4, -0.2) is 13.1 Å². The minimum absolute atomic E-state index is 0.0346. The Balaban J connectivity index is 1.73. The maximum absolute atomic E-state index is 6.70. The summed E-state index contributed by atoms with van der Waals surface area (Å²) < 4.78 is 0. The van der Waals surface area contributed by atoms with Crippen molar-refractivity contribution in [3.05, 3.63) is 65.2 Å². The van der Waals surface area contributed by atoms with Crippen LogP contribution in [0.4, 0.5) is 5.69 Å². The lowest BCUT2D eigenvalue weighted by molar-refractivity contribution is 0.680. The number of para-hydroxylation sites is 1. The molecule has 1 nitrogen and oxygen atoms in total. The quantitative estimate of drug-likeness (QED) is 0.670. The van der Waals surface area contributed by atoms with Gasteiger partial charge < -0.3 is 4.90 Å². The van der Waals surface area contributed by atoms with E-state index in [0.717, 1.165) is 13.1 Å². The van der Waals surface area contributed by atoms with Gasteiger partial charge in [-0.25, -0.2) is 0 Å². The van der Waals surface area contributed by atoms with Gasteiger partial charge in [0.15, 0.2) is 0 Å². The first kappa shape index (κ1) is 15.4. The smallest absolute Gasteiger partial charge is 0.0760 e. The fraction of sp³-hybridized carbons (Fsp3) is 0.400. The summed E-state index contributed by atoms with van der Waals surface area (Å²) in [6.07, 6.45) is 2.40. The zero-order valence-electron chi connectivity index (χ0n) is 13.4. The minimum Gasteiger partial charge on any atom is -0.369 e. The molecule has 0 saturated carbocycles. The molecule has 0 radical (unpaired) electrons. The van der Waals surface area contributed by atoms with Crippen LogP contribution in [0.1, 0.15) is 48.3 Å². The molecular weight excluding hydrogens is 290 g/mol. The second-order valence-corrected chi connectivity index (χ2v) is 6.99. The molecule has 1 heterocycles. The molecule has 1 atom stereocenters. The first-order valence-corrected chi connectivity index (χ1v) is 8.65. The standard InChI is InChI=1S/C20H24ClN/c1-15(2)16-9-11-17(12-10-16)19(21)14-22-13-5-7-18-6-3-4-8-20(18)22/h3-4,6,8-12,15,19H,5,7,13-14H2,1-2H3. The number of aryl methyl sites for hydroxylation is 1. The number of alkyl halides is 1. The molecule has 2 aromatic rings. The lowest BCUT2D eigenvalue weighted by Crippen LogP contribution is -2.32. The Labute approximate surface area is 138 Å². The third kappa shape index (κ3) is 3.30. The molecule has 0 N–H and O–H groups in total. The number of anilines is 1.